The summed E-state index contributed by atoms with van der Waals surface area (Å²) in [6.07, 6.45) is 5.03. The molecule has 1 saturated heterocycles. The second-order valence-corrected chi connectivity index (χ2v) is 9.02. The van der Waals surface area contributed by atoms with Gasteiger partial charge in [0.05, 0.1) is 0 Å². The molecule has 4 nitrogen and oxygen atoms in total. The lowest BCUT2D eigenvalue weighted by molar-refractivity contribution is -0.159. The van der Waals surface area contributed by atoms with Gasteiger partial charge in [0.1, 0.15) is 12.6 Å². The minimum Gasteiger partial charge on any atom is -0.328 e. The Morgan fingerprint density at radius 3 is 2.23 bits per heavy atom. The van der Waals surface area contributed by atoms with Crippen molar-refractivity contribution in [1.29, 1.82) is 0 Å². The van der Waals surface area contributed by atoms with Gasteiger partial charge in [-0.1, -0.05) is 67.1 Å². The van der Waals surface area contributed by atoms with E-state index in [0.29, 0.717) is 12.5 Å². The Morgan fingerprint density at radius 1 is 0.900 bits per heavy atom. The second-order valence-electron chi connectivity index (χ2n) is 9.02. The fraction of sp³-hybridized carbons (Fsp3) is 0.462. The van der Waals surface area contributed by atoms with E-state index in [4.69, 9.17) is 0 Å². The molecule has 0 spiro atoms. The first kappa shape index (κ1) is 20.6. The number of hydrogen-bond donors (Lipinski definition) is 0. The highest BCUT2D eigenvalue weighted by Crippen LogP contribution is 2.34. The van der Waals surface area contributed by atoms with Crippen molar-refractivity contribution in [3.05, 3.63) is 71.3 Å². The van der Waals surface area contributed by atoms with Crippen LogP contribution >= 0.6 is 0 Å². The van der Waals surface area contributed by atoms with Crippen LogP contribution in [-0.2, 0) is 16.0 Å². The van der Waals surface area contributed by atoms with E-state index in [9.17, 15) is 9.59 Å². The number of amides is 2. The lowest BCUT2D eigenvalue weighted by Gasteiger charge is -2.45. The largest absolute Gasteiger partial charge is 0.328 e. The Balaban J connectivity index is 1.59. The Hall–Kier alpha value is -2.62. The highest BCUT2D eigenvalue weighted by Gasteiger charge is 2.43. The van der Waals surface area contributed by atoms with Crippen LogP contribution in [0.2, 0.25) is 0 Å². The topological polar surface area (TPSA) is 40.6 Å². The van der Waals surface area contributed by atoms with E-state index in [0.717, 1.165) is 43.2 Å². The molecule has 1 aliphatic heterocycles. The first-order chi connectivity index (χ1) is 14.5. The standard InChI is InChI=1S/C26H32N2O2/c1-19-8-12-22(13-9-19)25-26(30)28(23-14-10-20(2)11-15-23)18-24(29)27(25)17-16-21-6-4-3-5-7-21/h3-9,12-13,20,23,25H,10-11,14-18H2,1-2H3/t20?,23?,25-/m0/s1. The van der Waals surface area contributed by atoms with Crippen molar-refractivity contribution in [2.75, 3.05) is 13.1 Å². The third-order valence-corrected chi connectivity index (χ3v) is 6.76. The summed E-state index contributed by atoms with van der Waals surface area (Å²) in [6, 6.07) is 17.9. The molecule has 1 aliphatic carbocycles. The van der Waals surface area contributed by atoms with Gasteiger partial charge < -0.3 is 9.80 Å². The number of nitrogens with zero attached hydrogens (tertiary/aromatic N) is 2. The molecule has 2 aromatic carbocycles. The van der Waals surface area contributed by atoms with Crippen LogP contribution < -0.4 is 0 Å². The van der Waals surface area contributed by atoms with Gasteiger partial charge in [-0.25, -0.2) is 0 Å². The summed E-state index contributed by atoms with van der Waals surface area (Å²) < 4.78 is 0. The van der Waals surface area contributed by atoms with Crippen molar-refractivity contribution >= 4 is 11.8 Å². The molecule has 2 aromatic rings. The van der Waals surface area contributed by atoms with Crippen LogP contribution in [0.5, 0.6) is 0 Å². The first-order valence-electron chi connectivity index (χ1n) is 11.2. The molecule has 1 heterocycles. The third-order valence-electron chi connectivity index (χ3n) is 6.76. The van der Waals surface area contributed by atoms with Crippen LogP contribution in [0, 0.1) is 12.8 Å². The average molecular weight is 405 g/mol. The molecule has 2 amide bonds. The SMILES string of the molecule is Cc1ccc([C@H]2C(=O)N(C3CCC(C)CC3)CC(=O)N2CCc2ccccc2)cc1. The van der Waals surface area contributed by atoms with Crippen LogP contribution in [0.3, 0.4) is 0 Å². The molecule has 4 heteroatoms. The van der Waals surface area contributed by atoms with Crippen LogP contribution in [0.25, 0.3) is 0 Å². The Morgan fingerprint density at radius 2 is 1.57 bits per heavy atom. The van der Waals surface area contributed by atoms with E-state index < -0.39 is 6.04 Å². The van der Waals surface area contributed by atoms with Crippen LogP contribution in [0.4, 0.5) is 0 Å². The maximum Gasteiger partial charge on any atom is 0.250 e. The molecule has 1 saturated carbocycles. The Labute approximate surface area is 179 Å². The highest BCUT2D eigenvalue weighted by molar-refractivity contribution is 5.95. The second kappa shape index (κ2) is 9.03. The molecule has 2 aliphatic rings. The average Bonchev–Trinajstić information content (AvgIpc) is 2.76. The van der Waals surface area contributed by atoms with Crippen molar-refractivity contribution in [3.63, 3.8) is 0 Å². The molecule has 0 unspecified atom stereocenters. The highest BCUT2D eigenvalue weighted by atomic mass is 16.2. The minimum atomic E-state index is -0.519. The number of benzene rings is 2. The van der Waals surface area contributed by atoms with Gasteiger partial charge in [-0.05, 0) is 56.1 Å². The normalized spacial score (nSPS) is 24.9. The molecule has 0 N–H and O–H groups in total. The molecular weight excluding hydrogens is 372 g/mol. The van der Waals surface area contributed by atoms with Gasteiger partial charge >= 0.3 is 0 Å². The summed E-state index contributed by atoms with van der Waals surface area (Å²) in [5, 5.41) is 0. The number of rotatable bonds is 5. The predicted molar refractivity (Wildman–Crippen MR) is 119 cm³/mol. The molecule has 30 heavy (non-hydrogen) atoms. The summed E-state index contributed by atoms with van der Waals surface area (Å²) >= 11 is 0. The first-order valence-corrected chi connectivity index (χ1v) is 11.2. The van der Waals surface area contributed by atoms with Crippen molar-refractivity contribution < 1.29 is 9.59 Å². The molecule has 0 aromatic heterocycles. The van der Waals surface area contributed by atoms with Gasteiger partial charge in [0, 0.05) is 12.6 Å². The summed E-state index contributed by atoms with van der Waals surface area (Å²) in [7, 11) is 0. The van der Waals surface area contributed by atoms with Gasteiger partial charge in [0.25, 0.3) is 5.91 Å². The van der Waals surface area contributed by atoms with Gasteiger partial charge in [-0.15, -0.1) is 0 Å². The van der Waals surface area contributed by atoms with E-state index in [1.54, 1.807) is 0 Å². The number of carbonyl (C=O) groups is 2. The quantitative estimate of drug-likeness (QED) is 0.735. The van der Waals surface area contributed by atoms with Crippen molar-refractivity contribution in [1.82, 2.24) is 9.80 Å². The zero-order chi connectivity index (χ0) is 21.1. The van der Waals surface area contributed by atoms with E-state index in [-0.39, 0.29) is 24.4 Å². The van der Waals surface area contributed by atoms with Crippen LogP contribution in [0.15, 0.2) is 54.6 Å². The summed E-state index contributed by atoms with van der Waals surface area (Å²) in [6.45, 7) is 5.10. The lowest BCUT2D eigenvalue weighted by atomic mass is 9.85. The minimum absolute atomic E-state index is 0.0646. The van der Waals surface area contributed by atoms with Gasteiger partial charge in [0.2, 0.25) is 5.91 Å². The zero-order valence-corrected chi connectivity index (χ0v) is 18.1. The Kier molecular flexibility index (Phi) is 6.21. The third kappa shape index (κ3) is 4.43. The Bertz CT molecular complexity index is 870. The number of aryl methyl sites for hydroxylation is 1. The van der Waals surface area contributed by atoms with Gasteiger partial charge in [-0.3, -0.25) is 9.59 Å². The van der Waals surface area contributed by atoms with E-state index in [2.05, 4.69) is 19.1 Å². The van der Waals surface area contributed by atoms with Crippen molar-refractivity contribution in [2.24, 2.45) is 5.92 Å². The molecule has 4 rings (SSSR count). The van der Waals surface area contributed by atoms with Gasteiger partial charge in [-0.2, -0.15) is 0 Å². The lowest BCUT2D eigenvalue weighted by Crippen LogP contribution is -2.59. The number of piperazine rings is 1. The number of carbonyl (C=O) groups excluding carboxylic acids is 2. The molecule has 2 fully saturated rings. The molecule has 158 valence electrons. The van der Waals surface area contributed by atoms with E-state index >= 15 is 0 Å². The maximum atomic E-state index is 13.7. The molecular formula is C26H32N2O2. The smallest absolute Gasteiger partial charge is 0.250 e. The van der Waals surface area contributed by atoms with E-state index in [1.165, 1.54) is 5.56 Å². The summed E-state index contributed by atoms with van der Waals surface area (Å²) in [4.78, 5) is 30.6. The fourth-order valence-corrected chi connectivity index (χ4v) is 4.83. The molecule has 1 atom stereocenters. The van der Waals surface area contributed by atoms with Crippen molar-refractivity contribution in [3.8, 4) is 0 Å². The zero-order valence-electron chi connectivity index (χ0n) is 18.1. The number of hydrogen-bond acceptors (Lipinski definition) is 2. The summed E-state index contributed by atoms with van der Waals surface area (Å²) in [5.74, 6) is 0.868. The fourth-order valence-electron chi connectivity index (χ4n) is 4.83. The molecule has 0 radical (unpaired) electrons. The van der Waals surface area contributed by atoms with Crippen LogP contribution in [0.1, 0.15) is 55.3 Å². The summed E-state index contributed by atoms with van der Waals surface area (Å²) in [5.41, 5.74) is 3.26. The van der Waals surface area contributed by atoms with E-state index in [1.807, 2.05) is 59.2 Å². The predicted octanol–water partition coefficient (Wildman–Crippen LogP) is 4.53. The maximum absolute atomic E-state index is 13.7. The van der Waals surface area contributed by atoms with Crippen LogP contribution in [-0.4, -0.2) is 40.7 Å². The molecule has 0 bridgehead atoms. The van der Waals surface area contributed by atoms with Crippen molar-refractivity contribution in [2.45, 2.75) is 58.0 Å². The van der Waals surface area contributed by atoms with Gasteiger partial charge in [0.15, 0.2) is 0 Å². The monoisotopic (exact) mass is 404 g/mol.